The minimum Gasteiger partial charge on any atom is -0.462 e. The van der Waals surface area contributed by atoms with E-state index in [9.17, 15) is 14.4 Å². The lowest BCUT2D eigenvalue weighted by molar-refractivity contribution is -0.117. The molecule has 1 fully saturated rings. The van der Waals surface area contributed by atoms with Gasteiger partial charge in [-0.2, -0.15) is 0 Å². The SMILES string of the molecule is CCOC(=O)c1sc(NC(=O)CN2CCCCCC2)c(C(=O)OCC)c1C. The number of hydrogen-bond donors (Lipinski definition) is 1. The van der Waals surface area contributed by atoms with Crippen molar-refractivity contribution in [3.63, 3.8) is 0 Å². The standard InChI is InChI=1S/C19H28N2O5S/c1-4-25-18(23)15-13(3)16(19(24)26-5-2)27-17(15)20-14(22)12-21-10-8-6-7-9-11-21/h4-12H2,1-3H3,(H,20,22). The van der Waals surface area contributed by atoms with Crippen LogP contribution in [0, 0.1) is 6.92 Å². The molecular formula is C19H28N2O5S. The van der Waals surface area contributed by atoms with E-state index in [0.717, 1.165) is 37.3 Å². The second kappa shape index (κ2) is 10.4. The van der Waals surface area contributed by atoms with Gasteiger partial charge in [-0.1, -0.05) is 12.8 Å². The lowest BCUT2D eigenvalue weighted by Gasteiger charge is -2.18. The average Bonchev–Trinajstić information content (AvgIpc) is 2.78. The maximum atomic E-state index is 12.5. The maximum absolute atomic E-state index is 12.5. The van der Waals surface area contributed by atoms with Gasteiger partial charge in [0, 0.05) is 0 Å². The zero-order valence-electron chi connectivity index (χ0n) is 16.3. The number of amides is 1. The molecule has 0 saturated carbocycles. The number of likely N-dealkylation sites (tertiary alicyclic amines) is 1. The molecular weight excluding hydrogens is 368 g/mol. The molecule has 2 heterocycles. The van der Waals surface area contributed by atoms with E-state index in [2.05, 4.69) is 10.2 Å². The van der Waals surface area contributed by atoms with Crippen LogP contribution in [-0.2, 0) is 14.3 Å². The van der Waals surface area contributed by atoms with Crippen molar-refractivity contribution in [2.24, 2.45) is 0 Å². The topological polar surface area (TPSA) is 84.9 Å². The van der Waals surface area contributed by atoms with Crippen molar-refractivity contribution in [2.75, 3.05) is 38.2 Å². The fraction of sp³-hybridized carbons (Fsp3) is 0.632. The Morgan fingerprint density at radius 2 is 1.59 bits per heavy atom. The predicted molar refractivity (Wildman–Crippen MR) is 105 cm³/mol. The molecule has 0 aromatic carbocycles. The first-order valence-electron chi connectivity index (χ1n) is 9.47. The molecule has 150 valence electrons. The van der Waals surface area contributed by atoms with Crippen LogP contribution in [0.5, 0.6) is 0 Å². The van der Waals surface area contributed by atoms with Gasteiger partial charge < -0.3 is 14.8 Å². The summed E-state index contributed by atoms with van der Waals surface area (Å²) in [6.07, 6.45) is 4.56. The van der Waals surface area contributed by atoms with Crippen molar-refractivity contribution < 1.29 is 23.9 Å². The van der Waals surface area contributed by atoms with E-state index in [1.165, 1.54) is 12.8 Å². The van der Waals surface area contributed by atoms with Crippen LogP contribution in [0.2, 0.25) is 0 Å². The van der Waals surface area contributed by atoms with Gasteiger partial charge in [-0.25, -0.2) is 9.59 Å². The summed E-state index contributed by atoms with van der Waals surface area (Å²) in [5.41, 5.74) is 0.705. The first-order valence-corrected chi connectivity index (χ1v) is 10.3. The second-order valence-electron chi connectivity index (χ2n) is 6.44. The molecule has 27 heavy (non-hydrogen) atoms. The molecule has 0 radical (unpaired) electrons. The van der Waals surface area contributed by atoms with Gasteiger partial charge in [0.25, 0.3) is 0 Å². The van der Waals surface area contributed by atoms with Crippen LogP contribution >= 0.6 is 11.3 Å². The van der Waals surface area contributed by atoms with Crippen molar-refractivity contribution in [2.45, 2.75) is 46.5 Å². The van der Waals surface area contributed by atoms with Gasteiger partial charge in [-0.3, -0.25) is 9.69 Å². The fourth-order valence-corrected chi connectivity index (χ4v) is 4.21. The zero-order chi connectivity index (χ0) is 19.8. The van der Waals surface area contributed by atoms with Crippen molar-refractivity contribution >= 4 is 34.2 Å². The molecule has 7 nitrogen and oxygen atoms in total. The first kappa shape index (κ1) is 21.4. The van der Waals surface area contributed by atoms with Gasteiger partial charge >= 0.3 is 11.9 Å². The molecule has 1 aromatic heterocycles. The quantitative estimate of drug-likeness (QED) is 0.713. The molecule has 1 N–H and O–H groups in total. The third kappa shape index (κ3) is 5.77. The van der Waals surface area contributed by atoms with E-state index in [1.54, 1.807) is 20.8 Å². The van der Waals surface area contributed by atoms with Gasteiger partial charge in [0.05, 0.1) is 25.3 Å². The highest BCUT2D eigenvalue weighted by Crippen LogP contribution is 2.34. The summed E-state index contributed by atoms with van der Waals surface area (Å²) in [6.45, 7) is 7.62. The minimum atomic E-state index is -0.549. The Kier molecular flexibility index (Phi) is 8.24. The van der Waals surface area contributed by atoms with E-state index in [4.69, 9.17) is 9.47 Å². The lowest BCUT2D eigenvalue weighted by Crippen LogP contribution is -2.34. The summed E-state index contributed by atoms with van der Waals surface area (Å²) >= 11 is 1.06. The number of ether oxygens (including phenoxy) is 2. The Balaban J connectivity index is 2.19. The van der Waals surface area contributed by atoms with Crippen molar-refractivity contribution in [3.05, 3.63) is 16.0 Å². The number of esters is 2. The molecule has 1 aromatic rings. The molecule has 0 unspecified atom stereocenters. The van der Waals surface area contributed by atoms with E-state index >= 15 is 0 Å². The summed E-state index contributed by atoms with van der Waals surface area (Å²) in [4.78, 5) is 39.5. The maximum Gasteiger partial charge on any atom is 0.348 e. The van der Waals surface area contributed by atoms with E-state index in [0.29, 0.717) is 15.4 Å². The highest BCUT2D eigenvalue weighted by atomic mass is 32.1. The van der Waals surface area contributed by atoms with Crippen LogP contribution in [0.1, 0.15) is 65.1 Å². The molecule has 2 rings (SSSR count). The Morgan fingerprint density at radius 3 is 2.19 bits per heavy atom. The van der Waals surface area contributed by atoms with E-state index in [-0.39, 0.29) is 31.2 Å². The van der Waals surface area contributed by atoms with Gasteiger partial charge in [0.1, 0.15) is 9.88 Å². The third-order valence-electron chi connectivity index (χ3n) is 4.41. The molecule has 0 atom stereocenters. The molecule has 1 saturated heterocycles. The van der Waals surface area contributed by atoms with Crippen LogP contribution in [-0.4, -0.2) is 55.6 Å². The van der Waals surface area contributed by atoms with Crippen molar-refractivity contribution in [1.82, 2.24) is 4.90 Å². The van der Waals surface area contributed by atoms with Gasteiger partial charge in [0.15, 0.2) is 0 Å². The molecule has 8 heteroatoms. The third-order valence-corrected chi connectivity index (χ3v) is 5.59. The average molecular weight is 397 g/mol. The number of anilines is 1. The highest BCUT2D eigenvalue weighted by molar-refractivity contribution is 7.18. The number of rotatable bonds is 7. The van der Waals surface area contributed by atoms with Crippen LogP contribution in [0.15, 0.2) is 0 Å². The highest BCUT2D eigenvalue weighted by Gasteiger charge is 2.27. The molecule has 0 aliphatic carbocycles. The molecule has 1 aliphatic heterocycles. The number of nitrogens with zero attached hydrogens (tertiary/aromatic N) is 1. The van der Waals surface area contributed by atoms with Crippen LogP contribution in [0.4, 0.5) is 5.00 Å². The summed E-state index contributed by atoms with van der Waals surface area (Å²) in [5.74, 6) is -1.25. The number of thiophene rings is 1. The summed E-state index contributed by atoms with van der Waals surface area (Å²) in [7, 11) is 0. The normalized spacial score (nSPS) is 15.1. The molecule has 1 amide bonds. The lowest BCUT2D eigenvalue weighted by atomic mass is 10.1. The van der Waals surface area contributed by atoms with Crippen LogP contribution in [0.3, 0.4) is 0 Å². The predicted octanol–water partition coefficient (Wildman–Crippen LogP) is 3.22. The molecule has 1 aliphatic rings. The Hall–Kier alpha value is -1.93. The Labute approximate surface area is 164 Å². The Bertz CT molecular complexity index is 678. The van der Waals surface area contributed by atoms with E-state index < -0.39 is 11.9 Å². The number of hydrogen-bond acceptors (Lipinski definition) is 7. The fourth-order valence-electron chi connectivity index (χ4n) is 3.11. The van der Waals surface area contributed by atoms with Crippen LogP contribution < -0.4 is 5.32 Å². The summed E-state index contributed by atoms with van der Waals surface area (Å²) < 4.78 is 10.2. The number of carbonyl (C=O) groups excluding carboxylic acids is 3. The summed E-state index contributed by atoms with van der Waals surface area (Å²) in [6, 6.07) is 0. The number of carbonyl (C=O) groups is 3. The smallest absolute Gasteiger partial charge is 0.348 e. The zero-order valence-corrected chi connectivity index (χ0v) is 17.1. The van der Waals surface area contributed by atoms with Gasteiger partial charge in [-0.15, -0.1) is 11.3 Å². The number of nitrogens with one attached hydrogen (secondary N) is 1. The molecule has 0 spiro atoms. The largest absolute Gasteiger partial charge is 0.462 e. The second-order valence-corrected chi connectivity index (χ2v) is 7.46. The molecule has 0 bridgehead atoms. The Morgan fingerprint density at radius 1 is 1.00 bits per heavy atom. The summed E-state index contributed by atoms with van der Waals surface area (Å²) in [5, 5.41) is 3.15. The van der Waals surface area contributed by atoms with Crippen molar-refractivity contribution in [1.29, 1.82) is 0 Å². The van der Waals surface area contributed by atoms with Gasteiger partial charge in [-0.05, 0) is 52.3 Å². The van der Waals surface area contributed by atoms with Crippen molar-refractivity contribution in [3.8, 4) is 0 Å². The van der Waals surface area contributed by atoms with Gasteiger partial charge in [0.2, 0.25) is 5.91 Å². The van der Waals surface area contributed by atoms with Crippen LogP contribution in [0.25, 0.3) is 0 Å². The monoisotopic (exact) mass is 396 g/mol. The first-order chi connectivity index (χ1) is 13.0. The van der Waals surface area contributed by atoms with E-state index in [1.807, 2.05) is 0 Å². The minimum absolute atomic E-state index is 0.195.